The molecule has 0 bridgehead atoms. The van der Waals surface area contributed by atoms with Crippen LogP contribution >= 0.6 is 0 Å². The third kappa shape index (κ3) is 3.08. The van der Waals surface area contributed by atoms with Crippen molar-refractivity contribution in [3.05, 3.63) is 18.2 Å². The van der Waals surface area contributed by atoms with Crippen LogP contribution in [0.15, 0.2) is 12.5 Å². The van der Waals surface area contributed by atoms with Gasteiger partial charge in [-0.05, 0) is 14.1 Å². The second kappa shape index (κ2) is 5.97. The summed E-state index contributed by atoms with van der Waals surface area (Å²) >= 11 is 0. The molecule has 0 spiro atoms. The van der Waals surface area contributed by atoms with E-state index in [4.69, 9.17) is 0 Å². The number of piperazine rings is 1. The first-order chi connectivity index (χ1) is 8.70. The second-order valence-corrected chi connectivity index (χ2v) is 4.70. The lowest BCUT2D eigenvalue weighted by atomic mass is 10.3. The summed E-state index contributed by atoms with van der Waals surface area (Å²) in [5.41, 5.74) is 0.552. The molecule has 0 aliphatic carbocycles. The van der Waals surface area contributed by atoms with Gasteiger partial charge >= 0.3 is 0 Å². The van der Waals surface area contributed by atoms with E-state index in [1.54, 1.807) is 6.33 Å². The van der Waals surface area contributed by atoms with Gasteiger partial charge in [-0.1, -0.05) is 0 Å². The van der Waals surface area contributed by atoms with Crippen LogP contribution in [0.2, 0.25) is 0 Å². The zero-order chi connectivity index (χ0) is 13.0. The lowest BCUT2D eigenvalue weighted by molar-refractivity contribution is 0.0658. The summed E-state index contributed by atoms with van der Waals surface area (Å²) in [6, 6.07) is 0. The fourth-order valence-corrected chi connectivity index (χ4v) is 2.01. The maximum absolute atomic E-state index is 12.2. The summed E-state index contributed by atoms with van der Waals surface area (Å²) < 4.78 is 1.94. The second-order valence-electron chi connectivity index (χ2n) is 4.70. The van der Waals surface area contributed by atoms with Crippen molar-refractivity contribution in [2.24, 2.45) is 0 Å². The molecule has 1 aliphatic rings. The molecule has 1 aromatic rings. The molecule has 1 fully saturated rings. The van der Waals surface area contributed by atoms with Crippen molar-refractivity contribution in [3.8, 4) is 0 Å². The van der Waals surface area contributed by atoms with Crippen LogP contribution in [0.1, 0.15) is 10.5 Å². The van der Waals surface area contributed by atoms with E-state index in [9.17, 15) is 4.79 Å². The Balaban J connectivity index is 1.94. The predicted molar refractivity (Wildman–Crippen MR) is 69.6 cm³/mol. The van der Waals surface area contributed by atoms with E-state index in [-0.39, 0.29) is 5.91 Å². The molecule has 100 valence electrons. The van der Waals surface area contributed by atoms with Crippen LogP contribution in [0.25, 0.3) is 0 Å². The smallest absolute Gasteiger partial charge is 0.274 e. The standard InChI is InChI=1S/C12H21N5O/c1-13-3-4-16-9-11(14-10-16)12(18)17-7-5-15(2)6-8-17/h9-10,13H,3-8H2,1-2H3. The van der Waals surface area contributed by atoms with E-state index in [1.807, 2.05) is 22.7 Å². The highest BCUT2D eigenvalue weighted by atomic mass is 16.2. The van der Waals surface area contributed by atoms with Gasteiger partial charge < -0.3 is 19.7 Å². The molecule has 0 aromatic carbocycles. The average molecular weight is 251 g/mol. The lowest BCUT2D eigenvalue weighted by Gasteiger charge is -2.31. The Hall–Kier alpha value is -1.40. The van der Waals surface area contributed by atoms with Crippen LogP contribution in [0.3, 0.4) is 0 Å². The number of rotatable bonds is 4. The van der Waals surface area contributed by atoms with Crippen LogP contribution in [-0.2, 0) is 6.54 Å². The molecule has 0 saturated carbocycles. The van der Waals surface area contributed by atoms with Gasteiger partial charge in [0.1, 0.15) is 5.69 Å². The first-order valence-corrected chi connectivity index (χ1v) is 6.35. The van der Waals surface area contributed by atoms with Crippen LogP contribution in [0.5, 0.6) is 0 Å². The molecule has 18 heavy (non-hydrogen) atoms. The van der Waals surface area contributed by atoms with Crippen LogP contribution < -0.4 is 5.32 Å². The maximum atomic E-state index is 12.2. The summed E-state index contributed by atoms with van der Waals surface area (Å²) in [6.45, 7) is 5.16. The predicted octanol–water partition coefficient (Wildman–Crippen LogP) is -0.510. The Labute approximate surface area is 108 Å². The molecular formula is C12H21N5O. The number of imidazole rings is 1. The zero-order valence-electron chi connectivity index (χ0n) is 11.1. The average Bonchev–Trinajstić information content (AvgIpc) is 2.85. The molecule has 1 amide bonds. The van der Waals surface area contributed by atoms with Crippen molar-refractivity contribution in [1.82, 2.24) is 24.7 Å². The van der Waals surface area contributed by atoms with Gasteiger partial charge in [-0.3, -0.25) is 4.79 Å². The molecule has 6 heteroatoms. The minimum absolute atomic E-state index is 0.0475. The summed E-state index contributed by atoms with van der Waals surface area (Å²) in [5, 5.41) is 3.07. The summed E-state index contributed by atoms with van der Waals surface area (Å²) in [7, 11) is 3.99. The number of carbonyl (C=O) groups excluding carboxylic acids is 1. The first-order valence-electron chi connectivity index (χ1n) is 6.35. The van der Waals surface area contributed by atoms with E-state index in [2.05, 4.69) is 22.2 Å². The van der Waals surface area contributed by atoms with Crippen LogP contribution in [0, 0.1) is 0 Å². The molecule has 0 atom stereocenters. The maximum Gasteiger partial charge on any atom is 0.274 e. The molecule has 1 N–H and O–H groups in total. The van der Waals surface area contributed by atoms with Gasteiger partial charge in [0.05, 0.1) is 6.33 Å². The van der Waals surface area contributed by atoms with E-state index in [0.717, 1.165) is 39.3 Å². The van der Waals surface area contributed by atoms with E-state index in [1.165, 1.54) is 0 Å². The Morgan fingerprint density at radius 1 is 1.39 bits per heavy atom. The van der Waals surface area contributed by atoms with Gasteiger partial charge in [0.25, 0.3) is 5.91 Å². The van der Waals surface area contributed by atoms with Crippen molar-refractivity contribution in [3.63, 3.8) is 0 Å². The molecule has 2 heterocycles. The Kier molecular flexibility index (Phi) is 4.33. The monoisotopic (exact) mass is 251 g/mol. The third-order valence-corrected chi connectivity index (χ3v) is 3.26. The van der Waals surface area contributed by atoms with E-state index >= 15 is 0 Å². The van der Waals surface area contributed by atoms with E-state index in [0.29, 0.717) is 5.69 Å². The van der Waals surface area contributed by atoms with Crippen LogP contribution in [0.4, 0.5) is 0 Å². The van der Waals surface area contributed by atoms with Gasteiger partial charge in [0, 0.05) is 45.5 Å². The number of nitrogens with one attached hydrogen (secondary N) is 1. The molecule has 0 radical (unpaired) electrons. The third-order valence-electron chi connectivity index (χ3n) is 3.26. The summed E-state index contributed by atoms with van der Waals surface area (Å²) in [4.78, 5) is 20.5. The number of carbonyl (C=O) groups is 1. The van der Waals surface area contributed by atoms with Crippen molar-refractivity contribution in [1.29, 1.82) is 0 Å². The van der Waals surface area contributed by atoms with E-state index < -0.39 is 0 Å². The number of amides is 1. The Morgan fingerprint density at radius 2 is 2.11 bits per heavy atom. The highest BCUT2D eigenvalue weighted by molar-refractivity contribution is 5.92. The van der Waals surface area contributed by atoms with Gasteiger partial charge in [0.15, 0.2) is 0 Å². The quantitative estimate of drug-likeness (QED) is 0.783. The number of hydrogen-bond acceptors (Lipinski definition) is 4. The summed E-state index contributed by atoms with van der Waals surface area (Å²) in [5.74, 6) is 0.0475. The van der Waals surface area contributed by atoms with Crippen molar-refractivity contribution in [2.45, 2.75) is 6.54 Å². The SMILES string of the molecule is CNCCn1cnc(C(=O)N2CCN(C)CC2)c1. The number of nitrogens with zero attached hydrogens (tertiary/aromatic N) is 4. The zero-order valence-corrected chi connectivity index (χ0v) is 11.1. The fourth-order valence-electron chi connectivity index (χ4n) is 2.01. The highest BCUT2D eigenvalue weighted by Crippen LogP contribution is 2.06. The largest absolute Gasteiger partial charge is 0.335 e. The number of aromatic nitrogens is 2. The first kappa shape index (κ1) is 13.0. The molecule has 1 saturated heterocycles. The molecular weight excluding hydrogens is 230 g/mol. The van der Waals surface area contributed by atoms with Crippen molar-refractivity contribution < 1.29 is 4.79 Å². The highest BCUT2D eigenvalue weighted by Gasteiger charge is 2.21. The van der Waals surface area contributed by atoms with Gasteiger partial charge in [-0.25, -0.2) is 4.98 Å². The molecule has 0 unspecified atom stereocenters. The molecule has 1 aromatic heterocycles. The topological polar surface area (TPSA) is 53.4 Å². The normalized spacial score (nSPS) is 17.1. The van der Waals surface area contributed by atoms with Gasteiger partial charge in [-0.15, -0.1) is 0 Å². The number of likely N-dealkylation sites (N-methyl/N-ethyl adjacent to an activating group) is 2. The van der Waals surface area contributed by atoms with Crippen molar-refractivity contribution >= 4 is 5.91 Å². The van der Waals surface area contributed by atoms with Crippen LogP contribution in [-0.4, -0.2) is 72.1 Å². The number of hydrogen-bond donors (Lipinski definition) is 1. The van der Waals surface area contributed by atoms with Gasteiger partial charge in [0.2, 0.25) is 0 Å². The minimum atomic E-state index is 0.0475. The Bertz CT molecular complexity index is 395. The Morgan fingerprint density at radius 3 is 2.78 bits per heavy atom. The molecule has 6 nitrogen and oxygen atoms in total. The fraction of sp³-hybridized carbons (Fsp3) is 0.667. The summed E-state index contributed by atoms with van der Waals surface area (Å²) in [6.07, 6.45) is 3.55. The van der Waals surface area contributed by atoms with Gasteiger partial charge in [-0.2, -0.15) is 0 Å². The molecule has 1 aliphatic heterocycles. The molecule has 2 rings (SSSR count). The lowest BCUT2D eigenvalue weighted by Crippen LogP contribution is -2.47. The minimum Gasteiger partial charge on any atom is -0.335 e. The van der Waals surface area contributed by atoms with Crippen molar-refractivity contribution in [2.75, 3.05) is 46.8 Å².